The van der Waals surface area contributed by atoms with Crippen molar-refractivity contribution in [2.75, 3.05) is 19.7 Å². The third-order valence-electron chi connectivity index (χ3n) is 5.92. The van der Waals surface area contributed by atoms with Crippen LogP contribution >= 0.6 is 0 Å². The van der Waals surface area contributed by atoms with Crippen molar-refractivity contribution >= 4 is 12.1 Å². The zero-order chi connectivity index (χ0) is 23.1. The molecule has 2 fully saturated rings. The number of amides is 1. The first-order valence-corrected chi connectivity index (χ1v) is 12.1. The standard InChI is InChI=1S/C24H46N4O3/c1-8-25-21(26-16-17-10-9-15-30-20(17)23(2,3)4)27-18-11-13-19(14-12-18)28-22(29)31-24(5,6)7/h17-20H,8-16H2,1-7H3,(H,28,29)(H2,25,26,27). The smallest absolute Gasteiger partial charge is 0.407 e. The first-order valence-electron chi connectivity index (χ1n) is 12.1. The van der Waals surface area contributed by atoms with Crippen molar-refractivity contribution in [1.82, 2.24) is 16.0 Å². The number of nitrogens with one attached hydrogen (secondary N) is 3. The Balaban J connectivity index is 1.84. The van der Waals surface area contributed by atoms with E-state index >= 15 is 0 Å². The van der Waals surface area contributed by atoms with Crippen LogP contribution in [0, 0.1) is 11.3 Å². The Hall–Kier alpha value is -1.50. The van der Waals surface area contributed by atoms with Crippen LogP contribution in [-0.4, -0.2) is 55.5 Å². The highest BCUT2D eigenvalue weighted by atomic mass is 16.6. The van der Waals surface area contributed by atoms with E-state index in [1.165, 1.54) is 6.42 Å². The van der Waals surface area contributed by atoms with Crippen LogP contribution in [-0.2, 0) is 9.47 Å². The number of carbonyl (C=O) groups excluding carboxylic acids is 1. The molecule has 3 N–H and O–H groups in total. The van der Waals surface area contributed by atoms with Crippen LogP contribution in [0.25, 0.3) is 0 Å². The molecule has 7 heteroatoms. The predicted molar refractivity (Wildman–Crippen MR) is 126 cm³/mol. The zero-order valence-corrected chi connectivity index (χ0v) is 20.8. The molecule has 1 amide bonds. The quantitative estimate of drug-likeness (QED) is 0.442. The summed E-state index contributed by atoms with van der Waals surface area (Å²) < 4.78 is 11.5. The maximum Gasteiger partial charge on any atom is 0.407 e. The molecule has 31 heavy (non-hydrogen) atoms. The SMILES string of the molecule is CCNC(=NCC1CCCOC1C(C)(C)C)NC1CCC(NC(=O)OC(C)(C)C)CC1. The van der Waals surface area contributed by atoms with Gasteiger partial charge in [0, 0.05) is 37.7 Å². The summed E-state index contributed by atoms with van der Waals surface area (Å²) in [6.45, 7) is 17.0. The predicted octanol–water partition coefficient (Wildman–Crippen LogP) is 4.22. The Kier molecular flexibility index (Phi) is 9.46. The molecule has 1 saturated carbocycles. The van der Waals surface area contributed by atoms with Gasteiger partial charge in [-0.05, 0) is 71.6 Å². The van der Waals surface area contributed by atoms with Gasteiger partial charge in [-0.1, -0.05) is 20.8 Å². The molecular weight excluding hydrogens is 392 g/mol. The number of hydrogen-bond donors (Lipinski definition) is 3. The maximum absolute atomic E-state index is 12.0. The van der Waals surface area contributed by atoms with Gasteiger partial charge in [-0.25, -0.2) is 4.79 Å². The Bertz CT molecular complexity index is 587. The summed E-state index contributed by atoms with van der Waals surface area (Å²) in [6, 6.07) is 0.551. The van der Waals surface area contributed by atoms with Gasteiger partial charge in [-0.3, -0.25) is 4.99 Å². The highest BCUT2D eigenvalue weighted by Crippen LogP contribution is 2.34. The molecule has 1 aliphatic heterocycles. The topological polar surface area (TPSA) is 84.0 Å². The molecule has 2 atom stereocenters. The Morgan fingerprint density at radius 2 is 1.61 bits per heavy atom. The lowest BCUT2D eigenvalue weighted by Crippen LogP contribution is -2.48. The van der Waals surface area contributed by atoms with E-state index in [1.807, 2.05) is 20.8 Å². The first kappa shape index (κ1) is 25.8. The number of aliphatic imine (C=N–C) groups is 1. The summed E-state index contributed by atoms with van der Waals surface area (Å²) in [5.74, 6) is 1.35. The van der Waals surface area contributed by atoms with Crippen LogP contribution in [0.5, 0.6) is 0 Å². The monoisotopic (exact) mass is 438 g/mol. The van der Waals surface area contributed by atoms with Gasteiger partial charge in [-0.2, -0.15) is 0 Å². The normalized spacial score (nSPS) is 28.0. The lowest BCUT2D eigenvalue weighted by Gasteiger charge is -2.39. The Morgan fingerprint density at radius 3 is 2.16 bits per heavy atom. The van der Waals surface area contributed by atoms with E-state index in [0.717, 1.165) is 57.8 Å². The van der Waals surface area contributed by atoms with E-state index in [-0.39, 0.29) is 23.7 Å². The molecule has 0 aromatic carbocycles. The number of carbonyl (C=O) groups is 1. The van der Waals surface area contributed by atoms with Crippen molar-refractivity contribution < 1.29 is 14.3 Å². The fourth-order valence-electron chi connectivity index (χ4n) is 4.57. The molecule has 1 aliphatic carbocycles. The van der Waals surface area contributed by atoms with Crippen molar-refractivity contribution in [1.29, 1.82) is 0 Å². The van der Waals surface area contributed by atoms with Gasteiger partial charge in [0.25, 0.3) is 0 Å². The van der Waals surface area contributed by atoms with Gasteiger partial charge < -0.3 is 25.4 Å². The fraction of sp³-hybridized carbons (Fsp3) is 0.917. The highest BCUT2D eigenvalue weighted by Gasteiger charge is 2.35. The van der Waals surface area contributed by atoms with Crippen molar-refractivity contribution in [2.24, 2.45) is 16.3 Å². The number of ether oxygens (including phenoxy) is 2. The second-order valence-electron chi connectivity index (χ2n) is 11.1. The minimum atomic E-state index is -0.463. The Morgan fingerprint density at radius 1 is 1.00 bits per heavy atom. The summed E-state index contributed by atoms with van der Waals surface area (Å²) >= 11 is 0. The molecule has 0 bridgehead atoms. The molecule has 1 saturated heterocycles. The van der Waals surface area contributed by atoms with Crippen molar-refractivity contribution in [3.63, 3.8) is 0 Å². The fourth-order valence-corrected chi connectivity index (χ4v) is 4.57. The number of hydrogen-bond acceptors (Lipinski definition) is 4. The van der Waals surface area contributed by atoms with Crippen LogP contribution in [0.3, 0.4) is 0 Å². The molecule has 0 aromatic rings. The summed E-state index contributed by atoms with van der Waals surface area (Å²) in [5.41, 5.74) is -0.332. The summed E-state index contributed by atoms with van der Waals surface area (Å²) in [6.07, 6.45) is 6.11. The first-order chi connectivity index (χ1) is 14.5. The van der Waals surface area contributed by atoms with Crippen LogP contribution in [0.4, 0.5) is 4.79 Å². The number of guanidine groups is 1. The summed E-state index contributed by atoms with van der Waals surface area (Å²) in [4.78, 5) is 16.9. The molecule has 0 spiro atoms. The average molecular weight is 439 g/mol. The molecular formula is C24H46N4O3. The minimum absolute atomic E-state index is 0.131. The second kappa shape index (κ2) is 11.4. The van der Waals surface area contributed by atoms with E-state index < -0.39 is 5.60 Å². The Labute approximate surface area is 189 Å². The van der Waals surface area contributed by atoms with Crippen LogP contribution in [0.1, 0.15) is 87.0 Å². The van der Waals surface area contributed by atoms with Gasteiger partial charge in [0.15, 0.2) is 5.96 Å². The van der Waals surface area contributed by atoms with E-state index in [4.69, 9.17) is 14.5 Å². The molecule has 7 nitrogen and oxygen atoms in total. The summed E-state index contributed by atoms with van der Waals surface area (Å²) in [5, 5.41) is 10.0. The zero-order valence-electron chi connectivity index (χ0n) is 20.8. The minimum Gasteiger partial charge on any atom is -0.444 e. The van der Waals surface area contributed by atoms with E-state index in [2.05, 4.69) is 43.6 Å². The number of rotatable bonds is 5. The lowest BCUT2D eigenvalue weighted by atomic mass is 9.78. The van der Waals surface area contributed by atoms with E-state index in [9.17, 15) is 4.79 Å². The van der Waals surface area contributed by atoms with Gasteiger partial charge in [0.1, 0.15) is 5.60 Å². The summed E-state index contributed by atoms with van der Waals surface area (Å²) in [7, 11) is 0. The molecule has 2 unspecified atom stereocenters. The number of alkyl carbamates (subject to hydrolysis) is 1. The van der Waals surface area contributed by atoms with Crippen LogP contribution in [0.2, 0.25) is 0 Å². The molecule has 0 radical (unpaired) electrons. The van der Waals surface area contributed by atoms with Gasteiger partial charge in [0.2, 0.25) is 0 Å². The van der Waals surface area contributed by atoms with Crippen LogP contribution < -0.4 is 16.0 Å². The van der Waals surface area contributed by atoms with Crippen molar-refractivity contribution in [2.45, 2.75) is 111 Å². The third-order valence-corrected chi connectivity index (χ3v) is 5.92. The largest absolute Gasteiger partial charge is 0.444 e. The van der Waals surface area contributed by atoms with Gasteiger partial charge >= 0.3 is 6.09 Å². The molecule has 1 heterocycles. The molecule has 2 aliphatic rings. The second-order valence-corrected chi connectivity index (χ2v) is 11.1. The van der Waals surface area contributed by atoms with E-state index in [0.29, 0.717) is 12.0 Å². The molecule has 180 valence electrons. The van der Waals surface area contributed by atoms with Crippen molar-refractivity contribution in [3.8, 4) is 0 Å². The van der Waals surface area contributed by atoms with Gasteiger partial charge in [-0.15, -0.1) is 0 Å². The lowest BCUT2D eigenvalue weighted by molar-refractivity contribution is -0.0823. The maximum atomic E-state index is 12.0. The number of nitrogens with zero attached hydrogens (tertiary/aromatic N) is 1. The van der Waals surface area contributed by atoms with Crippen LogP contribution in [0.15, 0.2) is 4.99 Å². The average Bonchev–Trinajstić information content (AvgIpc) is 2.66. The van der Waals surface area contributed by atoms with E-state index in [1.54, 1.807) is 0 Å². The van der Waals surface area contributed by atoms with Gasteiger partial charge in [0.05, 0.1) is 6.10 Å². The molecule has 2 rings (SSSR count). The third kappa shape index (κ3) is 9.26. The highest BCUT2D eigenvalue weighted by molar-refractivity contribution is 5.80. The van der Waals surface area contributed by atoms with Crippen molar-refractivity contribution in [3.05, 3.63) is 0 Å². The molecule has 0 aromatic heterocycles.